The smallest absolute Gasteiger partial charge is 0.260 e. The Bertz CT molecular complexity index is 1210. The number of para-hydroxylation sites is 1. The normalized spacial score (nSPS) is 10.9. The van der Waals surface area contributed by atoms with Crippen molar-refractivity contribution < 1.29 is 4.79 Å². The summed E-state index contributed by atoms with van der Waals surface area (Å²) in [5.74, 6) is 0.308. The minimum atomic E-state index is -0.212. The van der Waals surface area contributed by atoms with Crippen LogP contribution in [0.5, 0.6) is 0 Å². The topological polar surface area (TPSA) is 79.8 Å². The highest BCUT2D eigenvalue weighted by molar-refractivity contribution is 7.10. The summed E-state index contributed by atoms with van der Waals surface area (Å²) < 4.78 is 4.34. The molecule has 2 heterocycles. The lowest BCUT2D eigenvalue weighted by molar-refractivity contribution is 0.102. The molecular formula is C21H18ClN5OS. The SMILES string of the molecule is CCc1ccccc1NC(=O)c1c(C)nsc1Nc1cnc2ccc(Cl)cc2n1. The molecule has 4 rings (SSSR count). The summed E-state index contributed by atoms with van der Waals surface area (Å²) in [4.78, 5) is 21.9. The van der Waals surface area contributed by atoms with Gasteiger partial charge in [-0.1, -0.05) is 36.7 Å². The van der Waals surface area contributed by atoms with Crippen LogP contribution in [0.3, 0.4) is 0 Å². The molecule has 1 amide bonds. The largest absolute Gasteiger partial charge is 0.329 e. The molecule has 2 aromatic carbocycles. The van der Waals surface area contributed by atoms with Crippen LogP contribution >= 0.6 is 23.1 Å². The number of rotatable bonds is 5. The van der Waals surface area contributed by atoms with Gasteiger partial charge in [0.2, 0.25) is 0 Å². The fourth-order valence-corrected chi connectivity index (χ4v) is 3.99. The van der Waals surface area contributed by atoms with Gasteiger partial charge >= 0.3 is 0 Å². The molecule has 8 heteroatoms. The van der Waals surface area contributed by atoms with Crippen molar-refractivity contribution >= 4 is 56.6 Å². The molecule has 4 aromatic rings. The highest BCUT2D eigenvalue weighted by atomic mass is 35.5. The maximum absolute atomic E-state index is 13.0. The third-order valence-electron chi connectivity index (χ3n) is 4.48. The quantitative estimate of drug-likeness (QED) is 0.436. The van der Waals surface area contributed by atoms with Gasteiger partial charge in [-0.3, -0.25) is 9.78 Å². The number of fused-ring (bicyclic) bond motifs is 1. The van der Waals surface area contributed by atoms with Crippen LogP contribution in [0.2, 0.25) is 5.02 Å². The predicted octanol–water partition coefficient (Wildman–Crippen LogP) is 5.61. The average molecular weight is 424 g/mol. The van der Waals surface area contributed by atoms with Gasteiger partial charge in [-0.15, -0.1) is 0 Å². The highest BCUT2D eigenvalue weighted by Gasteiger charge is 2.20. The Morgan fingerprint density at radius 1 is 1.17 bits per heavy atom. The van der Waals surface area contributed by atoms with Crippen LogP contribution in [0.25, 0.3) is 11.0 Å². The van der Waals surface area contributed by atoms with E-state index in [2.05, 4.69) is 31.9 Å². The summed E-state index contributed by atoms with van der Waals surface area (Å²) in [6.45, 7) is 3.87. The monoisotopic (exact) mass is 423 g/mol. The van der Waals surface area contributed by atoms with Gasteiger partial charge in [0, 0.05) is 10.7 Å². The minimum Gasteiger partial charge on any atom is -0.329 e. The fraction of sp³-hybridized carbons (Fsp3) is 0.143. The molecule has 0 bridgehead atoms. The first-order chi connectivity index (χ1) is 14.0. The summed E-state index contributed by atoms with van der Waals surface area (Å²) in [6, 6.07) is 13.1. The Hall–Kier alpha value is -3.03. The van der Waals surface area contributed by atoms with Crippen molar-refractivity contribution in [2.45, 2.75) is 20.3 Å². The number of aromatic nitrogens is 3. The second kappa shape index (κ2) is 8.14. The van der Waals surface area contributed by atoms with E-state index in [1.807, 2.05) is 37.3 Å². The first-order valence-electron chi connectivity index (χ1n) is 9.10. The van der Waals surface area contributed by atoms with E-state index >= 15 is 0 Å². The summed E-state index contributed by atoms with van der Waals surface area (Å²) in [7, 11) is 0. The van der Waals surface area contributed by atoms with Gasteiger partial charge in [0.05, 0.1) is 28.5 Å². The molecule has 0 saturated heterocycles. The molecular weight excluding hydrogens is 406 g/mol. The molecule has 29 heavy (non-hydrogen) atoms. The first kappa shape index (κ1) is 19.3. The first-order valence-corrected chi connectivity index (χ1v) is 10.2. The number of hydrogen-bond acceptors (Lipinski definition) is 6. The molecule has 0 spiro atoms. The van der Waals surface area contributed by atoms with E-state index in [4.69, 9.17) is 11.6 Å². The molecule has 0 aliphatic carbocycles. The standard InChI is InChI=1S/C21H18ClN5OS/c1-3-13-6-4-5-7-15(13)25-20(28)19-12(2)27-29-21(19)26-18-11-23-16-9-8-14(22)10-17(16)24-18/h4-11H,3H2,1-2H3,(H,24,26)(H,25,28). The number of benzene rings is 2. The Labute approximate surface area is 177 Å². The van der Waals surface area contributed by atoms with Crippen molar-refractivity contribution in [1.29, 1.82) is 0 Å². The van der Waals surface area contributed by atoms with E-state index in [1.54, 1.807) is 18.3 Å². The van der Waals surface area contributed by atoms with Gasteiger partial charge in [-0.25, -0.2) is 4.98 Å². The van der Waals surface area contributed by atoms with Crippen LogP contribution < -0.4 is 10.6 Å². The number of amides is 1. The molecule has 0 saturated carbocycles. The molecule has 0 fully saturated rings. The van der Waals surface area contributed by atoms with Crippen molar-refractivity contribution in [2.75, 3.05) is 10.6 Å². The summed E-state index contributed by atoms with van der Waals surface area (Å²) in [6.07, 6.45) is 2.46. The van der Waals surface area contributed by atoms with Crippen molar-refractivity contribution in [3.63, 3.8) is 0 Å². The van der Waals surface area contributed by atoms with Crippen molar-refractivity contribution in [2.24, 2.45) is 0 Å². The van der Waals surface area contributed by atoms with Gasteiger partial charge in [0.15, 0.2) is 0 Å². The summed E-state index contributed by atoms with van der Waals surface area (Å²) in [5, 5.41) is 7.39. The fourth-order valence-electron chi connectivity index (χ4n) is 3.02. The predicted molar refractivity (Wildman–Crippen MR) is 118 cm³/mol. The lowest BCUT2D eigenvalue weighted by atomic mass is 10.1. The van der Waals surface area contributed by atoms with Gasteiger partial charge in [0.1, 0.15) is 10.8 Å². The molecule has 0 aliphatic rings. The Balaban J connectivity index is 1.63. The lowest BCUT2D eigenvalue weighted by Crippen LogP contribution is -2.15. The van der Waals surface area contributed by atoms with E-state index < -0.39 is 0 Å². The number of nitrogens with one attached hydrogen (secondary N) is 2. The molecule has 6 nitrogen and oxygen atoms in total. The summed E-state index contributed by atoms with van der Waals surface area (Å²) >= 11 is 7.27. The van der Waals surface area contributed by atoms with Gasteiger partial charge in [-0.05, 0) is 54.7 Å². The van der Waals surface area contributed by atoms with Crippen molar-refractivity contribution in [3.05, 3.63) is 70.5 Å². The van der Waals surface area contributed by atoms with Crippen LogP contribution in [0.1, 0.15) is 28.5 Å². The number of hydrogen-bond donors (Lipinski definition) is 2. The molecule has 0 radical (unpaired) electrons. The zero-order valence-corrected chi connectivity index (χ0v) is 17.4. The zero-order valence-electron chi connectivity index (χ0n) is 15.9. The van der Waals surface area contributed by atoms with Crippen LogP contribution in [0.4, 0.5) is 16.5 Å². The Morgan fingerprint density at radius 3 is 2.83 bits per heavy atom. The third kappa shape index (κ3) is 4.06. The number of nitrogens with zero attached hydrogens (tertiary/aromatic N) is 3. The van der Waals surface area contributed by atoms with Crippen LogP contribution in [0, 0.1) is 6.92 Å². The van der Waals surface area contributed by atoms with E-state index in [0.29, 0.717) is 32.6 Å². The second-order valence-electron chi connectivity index (χ2n) is 6.45. The van der Waals surface area contributed by atoms with Crippen LogP contribution in [-0.4, -0.2) is 20.2 Å². The lowest BCUT2D eigenvalue weighted by Gasteiger charge is -2.11. The minimum absolute atomic E-state index is 0.212. The second-order valence-corrected chi connectivity index (χ2v) is 7.66. The molecule has 0 unspecified atom stereocenters. The number of anilines is 3. The molecule has 0 atom stereocenters. The maximum atomic E-state index is 13.0. The van der Waals surface area contributed by atoms with E-state index in [9.17, 15) is 4.79 Å². The molecule has 146 valence electrons. The van der Waals surface area contributed by atoms with Crippen LogP contribution in [-0.2, 0) is 6.42 Å². The number of halogens is 1. The Morgan fingerprint density at radius 2 is 2.00 bits per heavy atom. The molecule has 2 aromatic heterocycles. The van der Waals surface area contributed by atoms with Crippen molar-refractivity contribution in [3.8, 4) is 0 Å². The van der Waals surface area contributed by atoms with Crippen molar-refractivity contribution in [1.82, 2.24) is 14.3 Å². The van der Waals surface area contributed by atoms with Gasteiger partial charge < -0.3 is 10.6 Å². The zero-order chi connectivity index (χ0) is 20.4. The average Bonchev–Trinajstić information content (AvgIpc) is 3.08. The third-order valence-corrected chi connectivity index (χ3v) is 5.57. The van der Waals surface area contributed by atoms with Gasteiger partial charge in [-0.2, -0.15) is 4.37 Å². The number of carbonyl (C=O) groups excluding carboxylic acids is 1. The summed E-state index contributed by atoms with van der Waals surface area (Å²) in [5.41, 5.74) is 4.45. The van der Waals surface area contributed by atoms with Gasteiger partial charge in [0.25, 0.3) is 5.91 Å². The maximum Gasteiger partial charge on any atom is 0.260 e. The van der Waals surface area contributed by atoms with E-state index in [1.165, 1.54) is 11.5 Å². The van der Waals surface area contributed by atoms with Crippen LogP contribution in [0.15, 0.2) is 48.7 Å². The number of carbonyl (C=O) groups is 1. The number of aryl methyl sites for hydroxylation is 2. The van der Waals surface area contributed by atoms with E-state index in [-0.39, 0.29) is 5.91 Å². The highest BCUT2D eigenvalue weighted by Crippen LogP contribution is 2.29. The Kier molecular flexibility index (Phi) is 5.42. The molecule has 2 N–H and O–H groups in total. The van der Waals surface area contributed by atoms with E-state index in [0.717, 1.165) is 23.2 Å². The molecule has 0 aliphatic heterocycles.